The fourth-order valence-corrected chi connectivity index (χ4v) is 10.9. The van der Waals surface area contributed by atoms with Crippen LogP contribution >= 0.6 is 0 Å². The van der Waals surface area contributed by atoms with Crippen LogP contribution in [0.1, 0.15) is 56.1 Å². The lowest BCUT2D eigenvalue weighted by Crippen LogP contribution is -2.60. The molecule has 5 aromatic rings. The molecule has 2 bridgehead atoms. The maximum atomic E-state index is 17.3. The van der Waals surface area contributed by atoms with Crippen molar-refractivity contribution in [2.45, 2.75) is 81.4 Å². The molecule has 5 saturated heterocycles. The Bertz CT molecular complexity index is 2740. The van der Waals surface area contributed by atoms with E-state index >= 15 is 8.78 Å². The fourth-order valence-electron chi connectivity index (χ4n) is 10.9. The standard InChI is InChI=1S/C48H47F3N8O6/c1-2-34-37(50)14-11-29-18-33(60)19-35(40(29)34)42-41(51)43-36(21-52-42)44(55-46(54-43)65-27-48-15-7-16-57(48)23-30(49)20-48)56-24-31-12-13-32(25-56)59(31)45(62)38-10-6-17-58(38)39(61)22-53-47(63)64-26-28-8-4-3-5-9-28/h1,3-5,8-9,11,14,18-19,21,30-32,38,60H,6-7,10,12-13,15-17,20,22-27H2,(H,53,63)/t30-,31?,32?,38+,48+/m1/s1. The molecule has 10 rings (SSSR count). The van der Waals surface area contributed by atoms with Crippen molar-refractivity contribution < 1.29 is 42.1 Å². The summed E-state index contributed by atoms with van der Waals surface area (Å²) in [5.41, 5.74) is -0.139. The van der Waals surface area contributed by atoms with E-state index < -0.39 is 35.5 Å². The molecule has 5 aliphatic rings. The van der Waals surface area contributed by atoms with E-state index in [0.29, 0.717) is 69.5 Å². The normalized spacial score (nSPS) is 23.8. The Morgan fingerprint density at radius 2 is 1.78 bits per heavy atom. The maximum Gasteiger partial charge on any atom is 0.407 e. The molecular weight excluding hydrogens is 842 g/mol. The van der Waals surface area contributed by atoms with Gasteiger partial charge in [0.2, 0.25) is 11.8 Å². The highest BCUT2D eigenvalue weighted by atomic mass is 19.1. The number of nitrogens with one attached hydrogen (secondary N) is 1. The molecule has 2 aromatic heterocycles. The Kier molecular flexibility index (Phi) is 11.1. The number of amides is 3. The number of pyridine rings is 1. The summed E-state index contributed by atoms with van der Waals surface area (Å²) in [6, 6.07) is 13.2. The van der Waals surface area contributed by atoms with Crippen molar-refractivity contribution in [3.8, 4) is 35.4 Å². The SMILES string of the molecule is C#Cc1c(F)ccc2cc(O)cc(-c3ncc4c(N5CC6CCC(C5)N6C(=O)[C@@H]5CCCN5C(=O)CNC(=O)OCc5ccccc5)nc(OC[C@@]56CCCN5C[C@H](F)C6)nc4c3F)c12. The molecule has 0 spiro atoms. The average molecular weight is 889 g/mol. The van der Waals surface area contributed by atoms with Gasteiger partial charge in [0.25, 0.3) is 0 Å². The molecule has 5 atom stereocenters. The lowest BCUT2D eigenvalue weighted by Gasteiger charge is -2.43. The first-order valence-electron chi connectivity index (χ1n) is 22.1. The second-order valence-corrected chi connectivity index (χ2v) is 17.7. The number of alkyl carbamates (subject to hydrolysis) is 1. The van der Waals surface area contributed by atoms with Crippen LogP contribution in [0.2, 0.25) is 0 Å². The van der Waals surface area contributed by atoms with Gasteiger partial charge in [0.1, 0.15) is 60.6 Å². The van der Waals surface area contributed by atoms with E-state index in [1.807, 2.05) is 40.1 Å². The third-order valence-corrected chi connectivity index (χ3v) is 13.8. The minimum absolute atomic E-state index is 0.0546. The van der Waals surface area contributed by atoms with Gasteiger partial charge in [-0.1, -0.05) is 42.3 Å². The van der Waals surface area contributed by atoms with Gasteiger partial charge in [-0.2, -0.15) is 9.97 Å². The van der Waals surface area contributed by atoms with Crippen LogP contribution < -0.4 is 15.0 Å². The van der Waals surface area contributed by atoms with Crippen molar-refractivity contribution in [2.75, 3.05) is 50.8 Å². The molecule has 2 N–H and O–H groups in total. The van der Waals surface area contributed by atoms with Crippen molar-refractivity contribution in [1.29, 1.82) is 0 Å². The molecule has 2 unspecified atom stereocenters. The van der Waals surface area contributed by atoms with Crippen molar-refractivity contribution >= 4 is 45.4 Å². The number of terminal acetylenes is 1. The van der Waals surface area contributed by atoms with Crippen LogP contribution in [0.25, 0.3) is 32.9 Å². The lowest BCUT2D eigenvalue weighted by atomic mass is 9.95. The molecule has 3 aromatic carbocycles. The van der Waals surface area contributed by atoms with Crippen molar-refractivity contribution in [3.63, 3.8) is 0 Å². The fraction of sp³-hybridized carbons (Fsp3) is 0.417. The number of piperazine rings is 1. The number of likely N-dealkylation sites (tertiary alicyclic amines) is 1. The molecule has 7 heterocycles. The minimum atomic E-state index is -0.998. The molecule has 5 aliphatic heterocycles. The largest absolute Gasteiger partial charge is 0.508 e. The summed E-state index contributed by atoms with van der Waals surface area (Å²) in [6.07, 6.45) is 9.87. The number of anilines is 1. The van der Waals surface area contributed by atoms with Gasteiger partial charge in [0.15, 0.2) is 5.82 Å². The van der Waals surface area contributed by atoms with Crippen molar-refractivity contribution in [2.24, 2.45) is 0 Å². The van der Waals surface area contributed by atoms with E-state index in [4.69, 9.17) is 20.9 Å². The number of fused-ring (bicyclic) bond motifs is 5. The number of benzene rings is 3. The number of phenolic OH excluding ortho intramolecular Hbond substituents is 1. The van der Waals surface area contributed by atoms with Crippen molar-refractivity contribution in [1.82, 2.24) is 35.0 Å². The first-order chi connectivity index (χ1) is 31.5. The monoisotopic (exact) mass is 888 g/mol. The number of rotatable bonds is 10. The Balaban J connectivity index is 0.927. The predicted molar refractivity (Wildman–Crippen MR) is 234 cm³/mol. The lowest BCUT2D eigenvalue weighted by molar-refractivity contribution is -0.145. The molecule has 17 heteroatoms. The summed E-state index contributed by atoms with van der Waals surface area (Å²) in [5, 5.41) is 14.1. The molecule has 0 saturated carbocycles. The number of nitrogens with zero attached hydrogens (tertiary/aromatic N) is 7. The number of carbonyl (C=O) groups is 3. The van der Waals surface area contributed by atoms with E-state index in [1.165, 1.54) is 35.4 Å². The smallest absolute Gasteiger partial charge is 0.407 e. The quantitative estimate of drug-likeness (QED) is 0.162. The molecular formula is C48H47F3N8O6. The van der Waals surface area contributed by atoms with Gasteiger partial charge in [-0.15, -0.1) is 6.42 Å². The van der Waals surface area contributed by atoms with E-state index in [-0.39, 0.29) is 88.5 Å². The van der Waals surface area contributed by atoms with E-state index in [1.54, 1.807) is 0 Å². The van der Waals surface area contributed by atoms with Gasteiger partial charge in [0.05, 0.1) is 16.5 Å². The summed E-state index contributed by atoms with van der Waals surface area (Å²) in [7, 11) is 0. The molecule has 14 nitrogen and oxygen atoms in total. The van der Waals surface area contributed by atoms with Crippen LogP contribution in [0, 0.1) is 24.0 Å². The number of alkyl halides is 1. The van der Waals surface area contributed by atoms with Gasteiger partial charge in [-0.25, -0.2) is 18.0 Å². The zero-order valence-electron chi connectivity index (χ0n) is 35.5. The van der Waals surface area contributed by atoms with Crippen LogP contribution in [0.3, 0.4) is 0 Å². The molecule has 3 amide bonds. The van der Waals surface area contributed by atoms with Gasteiger partial charge in [-0.05, 0) is 74.2 Å². The third-order valence-electron chi connectivity index (χ3n) is 13.8. The number of hydrogen-bond donors (Lipinski definition) is 2. The van der Waals surface area contributed by atoms with Gasteiger partial charge < -0.3 is 34.6 Å². The molecule has 5 fully saturated rings. The topological polar surface area (TPSA) is 154 Å². The molecule has 336 valence electrons. The number of ether oxygens (including phenoxy) is 2. The minimum Gasteiger partial charge on any atom is -0.508 e. The molecule has 0 aliphatic carbocycles. The van der Waals surface area contributed by atoms with Crippen molar-refractivity contribution in [3.05, 3.63) is 83.6 Å². The summed E-state index contributed by atoms with van der Waals surface area (Å²) in [4.78, 5) is 61.8. The van der Waals surface area contributed by atoms with Gasteiger partial charge in [-0.3, -0.25) is 19.5 Å². The Morgan fingerprint density at radius 1 is 0.985 bits per heavy atom. The Hall–Kier alpha value is -6.67. The number of phenols is 1. The molecule has 0 radical (unpaired) electrons. The number of halogens is 3. The summed E-state index contributed by atoms with van der Waals surface area (Å²) < 4.78 is 58.7. The summed E-state index contributed by atoms with van der Waals surface area (Å²) in [5.74, 6) is 0.391. The third kappa shape index (κ3) is 7.77. The van der Waals surface area contributed by atoms with E-state index in [2.05, 4.69) is 26.1 Å². The predicted octanol–water partition coefficient (Wildman–Crippen LogP) is 5.86. The first-order valence-corrected chi connectivity index (χ1v) is 22.1. The van der Waals surface area contributed by atoms with E-state index in [0.717, 1.165) is 24.9 Å². The van der Waals surface area contributed by atoms with E-state index in [9.17, 15) is 23.9 Å². The van der Waals surface area contributed by atoms with Crippen LogP contribution in [-0.4, -0.2) is 128 Å². The zero-order valence-corrected chi connectivity index (χ0v) is 35.5. The number of aromatic nitrogens is 3. The average Bonchev–Trinajstić information content (AvgIpc) is 4.08. The Morgan fingerprint density at radius 3 is 2.57 bits per heavy atom. The second kappa shape index (κ2) is 17.0. The highest BCUT2D eigenvalue weighted by Gasteiger charge is 2.50. The molecule has 65 heavy (non-hydrogen) atoms. The van der Waals surface area contributed by atoms with Gasteiger partial charge in [0, 0.05) is 61.8 Å². The van der Waals surface area contributed by atoms with Gasteiger partial charge >= 0.3 is 12.1 Å². The highest BCUT2D eigenvalue weighted by Crippen LogP contribution is 2.43. The maximum absolute atomic E-state index is 17.3. The summed E-state index contributed by atoms with van der Waals surface area (Å²) >= 11 is 0. The Labute approximate surface area is 372 Å². The number of aromatic hydroxyl groups is 1. The van der Waals surface area contributed by atoms with Crippen LogP contribution in [-0.2, 0) is 20.9 Å². The van der Waals surface area contributed by atoms with Crippen LogP contribution in [0.4, 0.5) is 23.8 Å². The first kappa shape index (κ1) is 42.3. The second-order valence-electron chi connectivity index (χ2n) is 17.7. The van der Waals surface area contributed by atoms with Crippen LogP contribution in [0.15, 0.2) is 60.8 Å². The zero-order chi connectivity index (χ0) is 45.0. The summed E-state index contributed by atoms with van der Waals surface area (Å²) in [6.45, 7) is 1.93. The highest BCUT2D eigenvalue weighted by molar-refractivity contribution is 6.03. The number of carbonyl (C=O) groups excluding carboxylic acids is 3. The number of hydrogen-bond acceptors (Lipinski definition) is 11. The van der Waals surface area contributed by atoms with Crippen LogP contribution in [0.5, 0.6) is 11.8 Å².